The summed E-state index contributed by atoms with van der Waals surface area (Å²) in [5.41, 5.74) is 3.13. The molecule has 0 saturated heterocycles. The minimum atomic E-state index is -0.540. The summed E-state index contributed by atoms with van der Waals surface area (Å²) < 4.78 is 14.0. The van der Waals surface area contributed by atoms with Crippen LogP contribution in [-0.4, -0.2) is 5.78 Å². The first kappa shape index (κ1) is 16.9. The Morgan fingerprint density at radius 1 is 0.917 bits per heavy atom. The fourth-order valence-electron chi connectivity index (χ4n) is 2.63. The first-order valence-electron chi connectivity index (χ1n) is 7.35. The molecule has 4 heteroatoms. The van der Waals surface area contributed by atoms with Gasteiger partial charge in [0.2, 0.25) is 0 Å². The molecule has 0 unspecified atom stereocenters. The van der Waals surface area contributed by atoms with Gasteiger partial charge in [-0.15, -0.1) is 0 Å². The van der Waals surface area contributed by atoms with Gasteiger partial charge in [-0.1, -0.05) is 70.0 Å². The Morgan fingerprint density at radius 2 is 1.62 bits per heavy atom. The molecule has 0 bridgehead atoms. The van der Waals surface area contributed by atoms with Crippen LogP contribution in [0.1, 0.15) is 21.5 Å². The summed E-state index contributed by atoms with van der Waals surface area (Å²) in [5.74, 6) is -0.919. The van der Waals surface area contributed by atoms with E-state index in [1.54, 1.807) is 30.3 Å². The first-order valence-corrected chi connectivity index (χ1v) is 8.85. The number of hydrogen-bond donors (Lipinski definition) is 0. The van der Waals surface area contributed by atoms with Crippen molar-refractivity contribution in [3.8, 4) is 11.1 Å². The normalized spacial score (nSPS) is 10.6. The molecule has 0 aliphatic carbocycles. The van der Waals surface area contributed by atoms with Gasteiger partial charge in [-0.3, -0.25) is 4.79 Å². The Balaban J connectivity index is 2.20. The molecule has 0 heterocycles. The van der Waals surface area contributed by atoms with Crippen molar-refractivity contribution in [2.24, 2.45) is 0 Å². The van der Waals surface area contributed by atoms with Gasteiger partial charge in [-0.05, 0) is 41.0 Å². The quantitative estimate of drug-likeness (QED) is 0.370. The van der Waals surface area contributed by atoms with Crippen LogP contribution in [0.25, 0.3) is 11.1 Å². The molecular weight excluding hydrogens is 391 g/mol. The van der Waals surface area contributed by atoms with E-state index in [1.807, 2.05) is 24.3 Å². The van der Waals surface area contributed by atoms with Crippen molar-refractivity contribution in [3.63, 3.8) is 0 Å². The third-order valence-electron chi connectivity index (χ3n) is 3.80. The van der Waals surface area contributed by atoms with Crippen molar-refractivity contribution >= 4 is 33.3 Å². The van der Waals surface area contributed by atoms with Crippen molar-refractivity contribution in [2.45, 2.75) is 5.33 Å². The third kappa shape index (κ3) is 3.28. The Bertz CT molecular complexity index is 908. The maximum absolute atomic E-state index is 14.0. The maximum Gasteiger partial charge on any atom is 0.196 e. The van der Waals surface area contributed by atoms with Gasteiger partial charge >= 0.3 is 0 Å². The number of halogens is 3. The monoisotopic (exact) mass is 402 g/mol. The molecular formula is C20H13BrClFO. The van der Waals surface area contributed by atoms with Crippen LogP contribution >= 0.6 is 27.5 Å². The van der Waals surface area contributed by atoms with Crippen LogP contribution in [-0.2, 0) is 5.33 Å². The molecule has 3 aromatic carbocycles. The van der Waals surface area contributed by atoms with E-state index in [9.17, 15) is 9.18 Å². The average molecular weight is 404 g/mol. The fraction of sp³-hybridized carbons (Fsp3) is 0.0500. The number of ketones is 1. The van der Waals surface area contributed by atoms with E-state index in [0.29, 0.717) is 15.9 Å². The fourth-order valence-corrected chi connectivity index (χ4v) is 3.29. The van der Waals surface area contributed by atoms with E-state index in [0.717, 1.165) is 16.7 Å². The highest BCUT2D eigenvalue weighted by Crippen LogP contribution is 2.32. The Labute approximate surface area is 153 Å². The molecule has 0 saturated carbocycles. The van der Waals surface area contributed by atoms with E-state index < -0.39 is 5.82 Å². The van der Waals surface area contributed by atoms with Crippen molar-refractivity contribution < 1.29 is 9.18 Å². The van der Waals surface area contributed by atoms with E-state index >= 15 is 0 Å². The average Bonchev–Trinajstić information content (AvgIpc) is 2.61. The topological polar surface area (TPSA) is 17.1 Å². The standard InChI is InChI=1S/C20H13BrClFO/c21-12-13-5-1-2-6-15(13)16-10-9-14(22)11-18(16)20(24)17-7-3-4-8-19(17)23/h1-11H,12H2. The van der Waals surface area contributed by atoms with Crippen molar-refractivity contribution in [1.82, 2.24) is 0 Å². The molecule has 24 heavy (non-hydrogen) atoms. The van der Waals surface area contributed by atoms with Crippen molar-refractivity contribution in [3.05, 3.63) is 94.3 Å². The molecule has 0 amide bonds. The summed E-state index contributed by atoms with van der Waals surface area (Å²) in [7, 11) is 0. The second-order valence-corrected chi connectivity index (χ2v) is 6.29. The van der Waals surface area contributed by atoms with Gasteiger partial charge in [-0.25, -0.2) is 4.39 Å². The Morgan fingerprint density at radius 3 is 2.38 bits per heavy atom. The summed E-state index contributed by atoms with van der Waals surface area (Å²) in [6.07, 6.45) is 0. The second kappa shape index (κ2) is 7.29. The van der Waals surface area contributed by atoms with Gasteiger partial charge in [0.15, 0.2) is 5.78 Å². The summed E-state index contributed by atoms with van der Waals surface area (Å²) in [5, 5.41) is 1.09. The summed E-state index contributed by atoms with van der Waals surface area (Å²) in [6, 6.07) is 18.9. The highest BCUT2D eigenvalue weighted by molar-refractivity contribution is 9.08. The number of benzene rings is 3. The lowest BCUT2D eigenvalue weighted by Gasteiger charge is -2.13. The summed E-state index contributed by atoms with van der Waals surface area (Å²) in [4.78, 5) is 12.9. The second-order valence-electron chi connectivity index (χ2n) is 5.29. The molecule has 1 nitrogen and oxygen atoms in total. The zero-order chi connectivity index (χ0) is 17.1. The van der Waals surface area contributed by atoms with Crippen LogP contribution in [0.3, 0.4) is 0 Å². The first-order chi connectivity index (χ1) is 11.6. The third-order valence-corrected chi connectivity index (χ3v) is 4.64. The van der Waals surface area contributed by atoms with Crippen molar-refractivity contribution in [1.29, 1.82) is 0 Å². The zero-order valence-electron chi connectivity index (χ0n) is 12.6. The predicted molar refractivity (Wildman–Crippen MR) is 99.4 cm³/mol. The number of rotatable bonds is 4. The van der Waals surface area contributed by atoms with E-state index in [-0.39, 0.29) is 11.3 Å². The molecule has 0 aliphatic heterocycles. The van der Waals surface area contributed by atoms with Crippen LogP contribution in [0.15, 0.2) is 66.7 Å². The summed E-state index contributed by atoms with van der Waals surface area (Å²) >= 11 is 9.56. The lowest BCUT2D eigenvalue weighted by atomic mass is 9.91. The molecule has 0 aliphatic rings. The van der Waals surface area contributed by atoms with Gasteiger partial charge in [0.05, 0.1) is 5.56 Å². The Hall–Kier alpha value is -1.97. The van der Waals surface area contributed by atoms with E-state index in [2.05, 4.69) is 15.9 Å². The van der Waals surface area contributed by atoms with Crippen LogP contribution in [0.4, 0.5) is 4.39 Å². The molecule has 0 atom stereocenters. The van der Waals surface area contributed by atoms with Gasteiger partial charge in [-0.2, -0.15) is 0 Å². The smallest absolute Gasteiger partial charge is 0.196 e. The molecule has 120 valence electrons. The minimum Gasteiger partial charge on any atom is -0.288 e. The molecule has 0 fully saturated rings. The van der Waals surface area contributed by atoms with Crippen molar-refractivity contribution in [2.75, 3.05) is 0 Å². The van der Waals surface area contributed by atoms with Gasteiger partial charge in [0.25, 0.3) is 0 Å². The maximum atomic E-state index is 14.0. The number of hydrogen-bond acceptors (Lipinski definition) is 1. The van der Waals surface area contributed by atoms with Crippen LogP contribution in [0, 0.1) is 5.82 Å². The predicted octanol–water partition coefficient (Wildman–Crippen LogP) is 6.27. The van der Waals surface area contributed by atoms with E-state index in [4.69, 9.17) is 11.6 Å². The van der Waals surface area contributed by atoms with Crippen LogP contribution in [0.2, 0.25) is 5.02 Å². The Kier molecular flexibility index (Phi) is 5.12. The lowest BCUT2D eigenvalue weighted by molar-refractivity contribution is 0.103. The van der Waals surface area contributed by atoms with Gasteiger partial charge in [0.1, 0.15) is 5.82 Å². The molecule has 3 rings (SSSR count). The molecule has 0 aromatic heterocycles. The molecule has 0 N–H and O–H groups in total. The molecule has 0 spiro atoms. The molecule has 3 aromatic rings. The molecule has 0 radical (unpaired) electrons. The van der Waals surface area contributed by atoms with E-state index in [1.165, 1.54) is 12.1 Å². The van der Waals surface area contributed by atoms with Gasteiger partial charge < -0.3 is 0 Å². The largest absolute Gasteiger partial charge is 0.288 e. The van der Waals surface area contributed by atoms with Crippen LogP contribution < -0.4 is 0 Å². The number of carbonyl (C=O) groups is 1. The zero-order valence-corrected chi connectivity index (χ0v) is 14.9. The summed E-state index contributed by atoms with van der Waals surface area (Å²) in [6.45, 7) is 0. The van der Waals surface area contributed by atoms with Crippen LogP contribution in [0.5, 0.6) is 0 Å². The highest BCUT2D eigenvalue weighted by atomic mass is 79.9. The lowest BCUT2D eigenvalue weighted by Crippen LogP contribution is -2.06. The van der Waals surface area contributed by atoms with Gasteiger partial charge in [0, 0.05) is 15.9 Å². The number of alkyl halides is 1. The highest BCUT2D eigenvalue weighted by Gasteiger charge is 2.19. The minimum absolute atomic E-state index is 0.0392. The SMILES string of the molecule is O=C(c1ccccc1F)c1cc(Cl)ccc1-c1ccccc1CBr. The number of carbonyl (C=O) groups excluding carboxylic acids is 1.